The SMILES string of the molecule is CC(=O)c1ccc(SCC(=O)N(C)CCC#N)cc1. The Morgan fingerprint density at radius 3 is 2.47 bits per heavy atom. The van der Waals surface area contributed by atoms with Gasteiger partial charge in [-0.25, -0.2) is 0 Å². The summed E-state index contributed by atoms with van der Waals surface area (Å²) in [6.45, 7) is 1.98. The maximum Gasteiger partial charge on any atom is 0.232 e. The first-order chi connectivity index (χ1) is 9.04. The van der Waals surface area contributed by atoms with Crippen molar-refractivity contribution in [3.05, 3.63) is 29.8 Å². The summed E-state index contributed by atoms with van der Waals surface area (Å²) in [6, 6.07) is 9.20. The molecular formula is C14H16N2O2S. The van der Waals surface area contributed by atoms with E-state index in [1.165, 1.54) is 18.7 Å². The van der Waals surface area contributed by atoms with Crippen molar-refractivity contribution in [1.82, 2.24) is 4.90 Å². The van der Waals surface area contributed by atoms with Gasteiger partial charge in [-0.15, -0.1) is 11.8 Å². The molecule has 4 nitrogen and oxygen atoms in total. The van der Waals surface area contributed by atoms with Crippen LogP contribution in [0.4, 0.5) is 0 Å². The fourth-order valence-electron chi connectivity index (χ4n) is 1.38. The molecule has 0 aliphatic heterocycles. The van der Waals surface area contributed by atoms with E-state index in [4.69, 9.17) is 5.26 Å². The predicted molar refractivity (Wildman–Crippen MR) is 75.0 cm³/mol. The van der Waals surface area contributed by atoms with Gasteiger partial charge in [-0.2, -0.15) is 5.26 Å². The number of carbonyl (C=O) groups is 2. The van der Waals surface area contributed by atoms with Gasteiger partial charge in [-0.1, -0.05) is 12.1 Å². The third kappa shape index (κ3) is 5.14. The molecule has 1 rings (SSSR count). The van der Waals surface area contributed by atoms with E-state index < -0.39 is 0 Å². The van der Waals surface area contributed by atoms with Gasteiger partial charge in [-0.3, -0.25) is 9.59 Å². The van der Waals surface area contributed by atoms with Crippen molar-refractivity contribution in [2.75, 3.05) is 19.3 Å². The van der Waals surface area contributed by atoms with E-state index in [2.05, 4.69) is 0 Å². The summed E-state index contributed by atoms with van der Waals surface area (Å²) in [6.07, 6.45) is 0.347. The van der Waals surface area contributed by atoms with Crippen molar-refractivity contribution in [3.8, 4) is 6.07 Å². The van der Waals surface area contributed by atoms with Crippen LogP contribution in [0.15, 0.2) is 29.2 Å². The maximum absolute atomic E-state index is 11.7. The van der Waals surface area contributed by atoms with E-state index in [9.17, 15) is 9.59 Å². The lowest BCUT2D eigenvalue weighted by Crippen LogP contribution is -2.29. The zero-order valence-electron chi connectivity index (χ0n) is 11.0. The second-order valence-electron chi connectivity index (χ2n) is 4.09. The second-order valence-corrected chi connectivity index (χ2v) is 5.14. The molecule has 1 amide bonds. The molecule has 5 heteroatoms. The number of thioether (sulfide) groups is 1. The molecule has 0 N–H and O–H groups in total. The number of Topliss-reactive ketones (excluding diaryl/α,β-unsaturated/α-hetero) is 1. The van der Waals surface area contributed by atoms with E-state index >= 15 is 0 Å². The van der Waals surface area contributed by atoms with Crippen LogP contribution in [0.1, 0.15) is 23.7 Å². The van der Waals surface area contributed by atoms with Crippen LogP contribution in [-0.4, -0.2) is 35.9 Å². The summed E-state index contributed by atoms with van der Waals surface area (Å²) in [5, 5.41) is 8.45. The molecule has 19 heavy (non-hydrogen) atoms. The van der Waals surface area contributed by atoms with Gasteiger partial charge < -0.3 is 4.90 Å². The summed E-state index contributed by atoms with van der Waals surface area (Å²) in [7, 11) is 1.69. The largest absolute Gasteiger partial charge is 0.344 e. The van der Waals surface area contributed by atoms with Gasteiger partial charge in [0.05, 0.1) is 18.2 Å². The number of rotatable bonds is 6. The standard InChI is InChI=1S/C14H16N2O2S/c1-11(17)12-4-6-13(7-5-12)19-10-14(18)16(2)9-3-8-15/h4-7H,3,9-10H2,1-2H3. The predicted octanol–water partition coefficient (Wildman–Crippen LogP) is 2.35. The van der Waals surface area contributed by atoms with Crippen LogP contribution in [0.5, 0.6) is 0 Å². The number of hydrogen-bond donors (Lipinski definition) is 0. The summed E-state index contributed by atoms with van der Waals surface area (Å²) in [5.41, 5.74) is 0.668. The molecule has 1 aromatic carbocycles. The molecule has 0 aromatic heterocycles. The first-order valence-corrected chi connectivity index (χ1v) is 6.88. The first-order valence-electron chi connectivity index (χ1n) is 5.89. The lowest BCUT2D eigenvalue weighted by Gasteiger charge is -2.14. The third-order valence-electron chi connectivity index (χ3n) is 2.61. The highest BCUT2D eigenvalue weighted by Gasteiger charge is 2.09. The number of nitrogens with zero attached hydrogens (tertiary/aromatic N) is 2. The van der Waals surface area contributed by atoms with Crippen LogP contribution in [-0.2, 0) is 4.79 Å². The molecule has 0 saturated heterocycles. The Morgan fingerprint density at radius 1 is 1.32 bits per heavy atom. The number of ketones is 1. The monoisotopic (exact) mass is 276 g/mol. The molecule has 0 aliphatic carbocycles. The van der Waals surface area contributed by atoms with Crippen LogP contribution >= 0.6 is 11.8 Å². The Labute approximate surface area is 117 Å². The van der Waals surface area contributed by atoms with Gasteiger partial charge in [0.1, 0.15) is 0 Å². The van der Waals surface area contributed by atoms with Gasteiger partial charge >= 0.3 is 0 Å². The number of hydrogen-bond acceptors (Lipinski definition) is 4. The maximum atomic E-state index is 11.7. The zero-order valence-corrected chi connectivity index (χ0v) is 11.9. The van der Waals surface area contributed by atoms with Crippen molar-refractivity contribution in [1.29, 1.82) is 5.26 Å². The van der Waals surface area contributed by atoms with E-state index in [0.29, 0.717) is 24.3 Å². The Hall–Kier alpha value is -1.80. The highest BCUT2D eigenvalue weighted by molar-refractivity contribution is 8.00. The molecular weight excluding hydrogens is 260 g/mol. The number of amides is 1. The lowest BCUT2D eigenvalue weighted by molar-refractivity contribution is -0.127. The fourth-order valence-corrected chi connectivity index (χ4v) is 2.22. The Bertz CT molecular complexity index is 491. The van der Waals surface area contributed by atoms with E-state index in [-0.39, 0.29) is 11.7 Å². The van der Waals surface area contributed by atoms with Crippen molar-refractivity contribution in [2.45, 2.75) is 18.2 Å². The molecule has 100 valence electrons. The van der Waals surface area contributed by atoms with Crippen LogP contribution in [0, 0.1) is 11.3 Å². The normalized spacial score (nSPS) is 9.74. The molecule has 0 unspecified atom stereocenters. The molecule has 0 spiro atoms. The van der Waals surface area contributed by atoms with Gasteiger partial charge in [0.25, 0.3) is 0 Å². The highest BCUT2D eigenvalue weighted by Crippen LogP contribution is 2.19. The topological polar surface area (TPSA) is 61.2 Å². The molecule has 0 heterocycles. The van der Waals surface area contributed by atoms with Gasteiger partial charge in [0.15, 0.2) is 5.78 Å². The second kappa shape index (κ2) is 7.59. The minimum atomic E-state index is -0.00380. The fraction of sp³-hybridized carbons (Fsp3) is 0.357. The lowest BCUT2D eigenvalue weighted by atomic mass is 10.2. The first kappa shape index (κ1) is 15.3. The van der Waals surface area contributed by atoms with Crippen molar-refractivity contribution in [3.63, 3.8) is 0 Å². The van der Waals surface area contributed by atoms with Crippen LogP contribution in [0.3, 0.4) is 0 Å². The summed E-state index contributed by atoms with van der Waals surface area (Å²) >= 11 is 1.43. The molecule has 0 bridgehead atoms. The Morgan fingerprint density at radius 2 is 1.95 bits per heavy atom. The summed E-state index contributed by atoms with van der Waals surface area (Å²) in [4.78, 5) is 25.4. The average Bonchev–Trinajstić information content (AvgIpc) is 2.42. The quantitative estimate of drug-likeness (QED) is 0.591. The van der Waals surface area contributed by atoms with Crippen molar-refractivity contribution >= 4 is 23.5 Å². The number of carbonyl (C=O) groups excluding carboxylic acids is 2. The van der Waals surface area contributed by atoms with Crippen LogP contribution in [0.25, 0.3) is 0 Å². The zero-order chi connectivity index (χ0) is 14.3. The van der Waals surface area contributed by atoms with E-state index in [0.717, 1.165) is 4.90 Å². The molecule has 0 atom stereocenters. The minimum absolute atomic E-state index is 0.00380. The van der Waals surface area contributed by atoms with Gasteiger partial charge in [0, 0.05) is 24.1 Å². The van der Waals surface area contributed by atoms with Crippen LogP contribution in [0.2, 0.25) is 0 Å². The van der Waals surface area contributed by atoms with E-state index in [1.54, 1.807) is 24.1 Å². The summed E-state index contributed by atoms with van der Waals surface area (Å²) in [5.74, 6) is 0.362. The van der Waals surface area contributed by atoms with Crippen LogP contribution < -0.4 is 0 Å². The van der Waals surface area contributed by atoms with E-state index in [1.807, 2.05) is 18.2 Å². The molecule has 0 aliphatic rings. The highest BCUT2D eigenvalue weighted by atomic mass is 32.2. The summed E-state index contributed by atoms with van der Waals surface area (Å²) < 4.78 is 0. The molecule has 0 radical (unpaired) electrons. The Balaban J connectivity index is 2.46. The van der Waals surface area contributed by atoms with Gasteiger partial charge in [0.2, 0.25) is 5.91 Å². The van der Waals surface area contributed by atoms with Crippen molar-refractivity contribution < 1.29 is 9.59 Å². The average molecular weight is 276 g/mol. The van der Waals surface area contributed by atoms with Gasteiger partial charge in [-0.05, 0) is 19.1 Å². The molecule has 0 saturated carbocycles. The molecule has 0 fully saturated rings. The number of benzene rings is 1. The number of nitriles is 1. The van der Waals surface area contributed by atoms with Crippen molar-refractivity contribution in [2.24, 2.45) is 0 Å². The Kier molecular flexibility index (Phi) is 6.10. The minimum Gasteiger partial charge on any atom is -0.344 e. The molecule has 1 aromatic rings. The third-order valence-corrected chi connectivity index (χ3v) is 3.60. The smallest absolute Gasteiger partial charge is 0.232 e.